The average Bonchev–Trinajstić information content (AvgIpc) is 2.71. The smallest absolute Gasteiger partial charge is 0.241 e. The Balaban J connectivity index is 1.81. The first-order valence-electron chi connectivity index (χ1n) is 6.37. The number of halogens is 1. The van der Waals surface area contributed by atoms with Crippen LogP contribution in [0.1, 0.15) is 18.4 Å². The second-order valence-corrected chi connectivity index (χ2v) is 6.92. The van der Waals surface area contributed by atoms with Crippen LogP contribution in [0.15, 0.2) is 23.1 Å². The van der Waals surface area contributed by atoms with Crippen molar-refractivity contribution in [1.82, 2.24) is 4.72 Å². The molecule has 6 heteroatoms. The van der Waals surface area contributed by atoms with Gasteiger partial charge in [0.05, 0.1) is 11.0 Å². The number of fused-ring (bicyclic) bond motifs is 1. The molecule has 1 aliphatic heterocycles. The van der Waals surface area contributed by atoms with Gasteiger partial charge in [0.2, 0.25) is 10.0 Å². The highest BCUT2D eigenvalue weighted by Crippen LogP contribution is 2.39. The Hall–Kier alpha value is -0.980. The first kappa shape index (κ1) is 13.0. The van der Waals surface area contributed by atoms with Gasteiger partial charge in [-0.1, -0.05) is 6.07 Å². The third-order valence-corrected chi connectivity index (χ3v) is 5.64. The van der Waals surface area contributed by atoms with Crippen LogP contribution in [0.25, 0.3) is 0 Å². The van der Waals surface area contributed by atoms with Crippen molar-refractivity contribution in [3.63, 3.8) is 0 Å². The summed E-state index contributed by atoms with van der Waals surface area (Å²) in [6.45, 7) is 2.36. The molecule has 2 fully saturated rings. The van der Waals surface area contributed by atoms with Crippen LogP contribution in [0.3, 0.4) is 0 Å². The summed E-state index contributed by atoms with van der Waals surface area (Å²) < 4.78 is 45.9. The molecule has 1 aromatic rings. The van der Waals surface area contributed by atoms with Crippen molar-refractivity contribution in [2.75, 3.05) is 6.61 Å². The van der Waals surface area contributed by atoms with Crippen LogP contribution in [0.4, 0.5) is 4.39 Å². The second kappa shape index (κ2) is 4.54. The third kappa shape index (κ3) is 2.28. The van der Waals surface area contributed by atoms with Crippen LogP contribution in [-0.4, -0.2) is 27.2 Å². The van der Waals surface area contributed by atoms with Gasteiger partial charge in [-0.05, 0) is 37.5 Å². The maximum absolute atomic E-state index is 13.2. The Labute approximate surface area is 112 Å². The molecule has 0 unspecified atom stereocenters. The molecule has 0 aromatic heterocycles. The van der Waals surface area contributed by atoms with Crippen LogP contribution in [-0.2, 0) is 14.8 Å². The molecular formula is C13H16FNO3S. The lowest BCUT2D eigenvalue weighted by atomic mass is 9.77. The van der Waals surface area contributed by atoms with E-state index in [2.05, 4.69) is 4.72 Å². The number of aryl methyl sites for hydroxylation is 1. The standard InChI is InChI=1S/C13H16FNO3S/c1-8-2-3-9(14)6-13(8)19(16,17)15-11-7-12-10(11)4-5-18-12/h2-3,6,10-12,15H,4-5,7H2,1H3/t10-,11+,12+/m0/s1. The van der Waals surface area contributed by atoms with E-state index in [1.165, 1.54) is 12.1 Å². The van der Waals surface area contributed by atoms with Crippen molar-refractivity contribution in [3.05, 3.63) is 29.6 Å². The second-order valence-electron chi connectivity index (χ2n) is 5.24. The fraction of sp³-hybridized carbons (Fsp3) is 0.538. The number of nitrogens with one attached hydrogen (secondary N) is 1. The summed E-state index contributed by atoms with van der Waals surface area (Å²) in [6.07, 6.45) is 1.79. The van der Waals surface area contributed by atoms with Crippen LogP contribution >= 0.6 is 0 Å². The minimum absolute atomic E-state index is 0.0230. The molecule has 2 aliphatic rings. The summed E-state index contributed by atoms with van der Waals surface area (Å²) in [7, 11) is -3.66. The van der Waals surface area contributed by atoms with Gasteiger partial charge in [0.25, 0.3) is 0 Å². The van der Waals surface area contributed by atoms with Crippen molar-refractivity contribution in [3.8, 4) is 0 Å². The van der Waals surface area contributed by atoms with Gasteiger partial charge in [0.1, 0.15) is 5.82 Å². The number of benzene rings is 1. The van der Waals surface area contributed by atoms with Gasteiger partial charge in [0, 0.05) is 18.6 Å². The SMILES string of the molecule is Cc1ccc(F)cc1S(=O)(=O)N[C@@H]1C[C@H]2OCC[C@@H]12. The molecule has 3 atom stereocenters. The summed E-state index contributed by atoms with van der Waals surface area (Å²) in [4.78, 5) is 0.0230. The molecule has 0 radical (unpaired) electrons. The molecule has 104 valence electrons. The van der Waals surface area contributed by atoms with Crippen molar-refractivity contribution in [1.29, 1.82) is 0 Å². The highest BCUT2D eigenvalue weighted by atomic mass is 32.2. The van der Waals surface area contributed by atoms with E-state index in [4.69, 9.17) is 4.74 Å². The Morgan fingerprint density at radius 3 is 2.95 bits per heavy atom. The monoisotopic (exact) mass is 285 g/mol. The molecule has 19 heavy (non-hydrogen) atoms. The highest BCUT2D eigenvalue weighted by molar-refractivity contribution is 7.89. The molecule has 1 N–H and O–H groups in total. The number of hydrogen-bond acceptors (Lipinski definition) is 3. The molecule has 3 rings (SSSR count). The number of rotatable bonds is 3. The summed E-state index contributed by atoms with van der Waals surface area (Å²) in [5, 5.41) is 0. The first-order chi connectivity index (χ1) is 8.97. The van der Waals surface area contributed by atoms with Gasteiger partial charge in [-0.25, -0.2) is 17.5 Å². The Kier molecular flexibility index (Phi) is 3.11. The van der Waals surface area contributed by atoms with Crippen molar-refractivity contribution in [2.24, 2.45) is 5.92 Å². The molecule has 4 nitrogen and oxygen atoms in total. The van der Waals surface area contributed by atoms with Gasteiger partial charge in [0.15, 0.2) is 0 Å². The zero-order valence-electron chi connectivity index (χ0n) is 10.6. The van der Waals surface area contributed by atoms with E-state index in [1.54, 1.807) is 6.92 Å². The van der Waals surface area contributed by atoms with Gasteiger partial charge < -0.3 is 4.74 Å². The van der Waals surface area contributed by atoms with Crippen LogP contribution in [0, 0.1) is 18.7 Å². The fourth-order valence-electron chi connectivity index (χ4n) is 2.86. The van der Waals surface area contributed by atoms with Gasteiger partial charge in [-0.2, -0.15) is 0 Å². The van der Waals surface area contributed by atoms with Crippen LogP contribution in [0.2, 0.25) is 0 Å². The van der Waals surface area contributed by atoms with Gasteiger partial charge in [-0.15, -0.1) is 0 Å². The average molecular weight is 285 g/mol. The summed E-state index contributed by atoms with van der Waals surface area (Å²) >= 11 is 0. The van der Waals surface area contributed by atoms with Gasteiger partial charge >= 0.3 is 0 Å². The molecule has 0 amide bonds. The molecule has 0 bridgehead atoms. The van der Waals surface area contributed by atoms with Crippen molar-refractivity contribution in [2.45, 2.75) is 36.8 Å². The normalized spacial score (nSPS) is 29.9. The Bertz CT molecular complexity index is 602. The molecule has 0 spiro atoms. The Morgan fingerprint density at radius 1 is 1.42 bits per heavy atom. The lowest BCUT2D eigenvalue weighted by molar-refractivity contribution is 0.0143. The molecule has 1 heterocycles. The topological polar surface area (TPSA) is 55.4 Å². The van der Waals surface area contributed by atoms with E-state index in [1.807, 2.05) is 0 Å². The molecular weight excluding hydrogens is 269 g/mol. The van der Waals surface area contributed by atoms with Crippen molar-refractivity contribution >= 4 is 10.0 Å². The number of ether oxygens (including phenoxy) is 1. The minimum atomic E-state index is -3.66. The molecule has 1 saturated carbocycles. The zero-order valence-corrected chi connectivity index (χ0v) is 11.4. The Morgan fingerprint density at radius 2 is 2.21 bits per heavy atom. The van der Waals surface area contributed by atoms with E-state index in [0.717, 1.165) is 12.5 Å². The highest BCUT2D eigenvalue weighted by Gasteiger charge is 2.46. The number of hydrogen-bond donors (Lipinski definition) is 1. The number of sulfonamides is 1. The lowest BCUT2D eigenvalue weighted by Gasteiger charge is -2.39. The van der Waals surface area contributed by atoms with E-state index in [9.17, 15) is 12.8 Å². The maximum Gasteiger partial charge on any atom is 0.241 e. The molecule has 1 aromatic carbocycles. The minimum Gasteiger partial charge on any atom is -0.378 e. The molecule has 1 aliphatic carbocycles. The predicted octanol–water partition coefficient (Wildman–Crippen LogP) is 1.59. The van der Waals surface area contributed by atoms with Crippen molar-refractivity contribution < 1.29 is 17.5 Å². The summed E-state index contributed by atoms with van der Waals surface area (Å²) in [5.74, 6) is -0.273. The lowest BCUT2D eigenvalue weighted by Crippen LogP contribution is -2.53. The van der Waals surface area contributed by atoms with Crippen LogP contribution < -0.4 is 4.72 Å². The summed E-state index contributed by atoms with van der Waals surface area (Å²) in [5.41, 5.74) is 0.549. The quantitative estimate of drug-likeness (QED) is 0.917. The van der Waals surface area contributed by atoms with E-state index in [0.29, 0.717) is 18.6 Å². The largest absolute Gasteiger partial charge is 0.378 e. The van der Waals surface area contributed by atoms with E-state index < -0.39 is 15.8 Å². The fourth-order valence-corrected chi connectivity index (χ4v) is 4.42. The molecule has 1 saturated heterocycles. The maximum atomic E-state index is 13.2. The zero-order chi connectivity index (χ0) is 13.6. The third-order valence-electron chi connectivity index (χ3n) is 4.01. The van der Waals surface area contributed by atoms with E-state index in [-0.39, 0.29) is 23.0 Å². The van der Waals surface area contributed by atoms with Crippen LogP contribution in [0.5, 0.6) is 0 Å². The van der Waals surface area contributed by atoms with E-state index >= 15 is 0 Å². The van der Waals surface area contributed by atoms with Gasteiger partial charge in [-0.3, -0.25) is 0 Å². The summed E-state index contributed by atoms with van der Waals surface area (Å²) in [6, 6.07) is 3.73. The first-order valence-corrected chi connectivity index (χ1v) is 7.86. The predicted molar refractivity (Wildman–Crippen MR) is 67.7 cm³/mol.